The van der Waals surface area contributed by atoms with Gasteiger partial charge < -0.3 is 11.1 Å². The minimum absolute atomic E-state index is 0. The van der Waals surface area contributed by atoms with Crippen molar-refractivity contribution in [2.24, 2.45) is 11.7 Å². The number of carbonyl (C=O) groups is 1. The van der Waals surface area contributed by atoms with Gasteiger partial charge in [0.1, 0.15) is 0 Å². The number of halogens is 1. The van der Waals surface area contributed by atoms with Gasteiger partial charge in [-0.25, -0.2) is 0 Å². The van der Waals surface area contributed by atoms with E-state index in [1.165, 1.54) is 0 Å². The fourth-order valence-electron chi connectivity index (χ4n) is 1.53. The van der Waals surface area contributed by atoms with Gasteiger partial charge in [0.05, 0.1) is 0 Å². The Bertz CT molecular complexity index is 527. The van der Waals surface area contributed by atoms with Crippen LogP contribution in [-0.2, 0) is 11.3 Å². The second-order valence-corrected chi connectivity index (χ2v) is 4.29. The highest BCUT2D eigenvalue weighted by Crippen LogP contribution is 2.13. The topological polar surface area (TPSA) is 110 Å². The van der Waals surface area contributed by atoms with Gasteiger partial charge >= 0.3 is 0 Å². The highest BCUT2D eigenvalue weighted by molar-refractivity contribution is 5.85. The number of rotatable bonds is 5. The third-order valence-electron chi connectivity index (χ3n) is 2.83. The second-order valence-electron chi connectivity index (χ2n) is 4.29. The Labute approximate surface area is 122 Å². The molecule has 0 saturated carbocycles. The van der Waals surface area contributed by atoms with Gasteiger partial charge in [-0.05, 0) is 10.8 Å². The van der Waals surface area contributed by atoms with Gasteiger partial charge in [-0.2, -0.15) is 5.21 Å². The van der Waals surface area contributed by atoms with E-state index in [1.807, 2.05) is 24.3 Å². The van der Waals surface area contributed by atoms with Crippen LogP contribution in [0.5, 0.6) is 0 Å². The standard InChI is InChI=1S/C12H16N6O.ClH/c1-8(6-13)12(19)14-7-9-2-4-10(5-3-9)11-15-17-18-16-11;/h2-5,8H,6-7,13H2,1H3,(H,14,19)(H,15,16,17,18);1H. The normalized spacial score (nSPS) is 11.5. The van der Waals surface area contributed by atoms with Crippen molar-refractivity contribution in [1.29, 1.82) is 0 Å². The van der Waals surface area contributed by atoms with Crippen LogP contribution in [-0.4, -0.2) is 33.1 Å². The van der Waals surface area contributed by atoms with Gasteiger partial charge in [0.15, 0.2) is 0 Å². The van der Waals surface area contributed by atoms with Crippen LogP contribution in [0.1, 0.15) is 12.5 Å². The number of nitrogens with two attached hydrogens (primary N) is 1. The maximum absolute atomic E-state index is 11.6. The fourth-order valence-corrected chi connectivity index (χ4v) is 1.53. The molecule has 8 heteroatoms. The Morgan fingerprint density at radius 2 is 2.10 bits per heavy atom. The summed E-state index contributed by atoms with van der Waals surface area (Å²) in [7, 11) is 0. The van der Waals surface area contributed by atoms with Crippen LogP contribution in [0.2, 0.25) is 0 Å². The first-order valence-electron chi connectivity index (χ1n) is 6.01. The molecule has 1 aromatic heterocycles. The molecule has 1 aromatic carbocycles. The molecule has 0 aliphatic heterocycles. The van der Waals surface area contributed by atoms with Crippen molar-refractivity contribution in [3.8, 4) is 11.4 Å². The van der Waals surface area contributed by atoms with Crippen molar-refractivity contribution in [2.45, 2.75) is 13.5 Å². The summed E-state index contributed by atoms with van der Waals surface area (Å²) >= 11 is 0. The molecular weight excluding hydrogens is 280 g/mol. The van der Waals surface area contributed by atoms with Crippen molar-refractivity contribution in [3.63, 3.8) is 0 Å². The van der Waals surface area contributed by atoms with Gasteiger partial charge in [0.2, 0.25) is 11.7 Å². The summed E-state index contributed by atoms with van der Waals surface area (Å²) in [5, 5.41) is 16.5. The number of benzene rings is 1. The van der Waals surface area contributed by atoms with E-state index in [-0.39, 0.29) is 24.2 Å². The smallest absolute Gasteiger partial charge is 0.224 e. The first-order valence-corrected chi connectivity index (χ1v) is 6.01. The number of aromatic amines is 1. The lowest BCUT2D eigenvalue weighted by Crippen LogP contribution is -2.32. The van der Waals surface area contributed by atoms with Crippen LogP contribution >= 0.6 is 12.4 Å². The van der Waals surface area contributed by atoms with E-state index >= 15 is 0 Å². The molecular formula is C12H17ClN6O. The molecule has 1 amide bonds. The molecule has 0 fully saturated rings. The highest BCUT2D eigenvalue weighted by atomic mass is 35.5. The zero-order valence-corrected chi connectivity index (χ0v) is 11.9. The van der Waals surface area contributed by atoms with Gasteiger partial charge in [0, 0.05) is 24.6 Å². The fraction of sp³-hybridized carbons (Fsp3) is 0.333. The van der Waals surface area contributed by atoms with Gasteiger partial charge in [-0.3, -0.25) is 4.79 Å². The van der Waals surface area contributed by atoms with E-state index in [2.05, 4.69) is 25.9 Å². The molecule has 108 valence electrons. The zero-order chi connectivity index (χ0) is 13.7. The predicted molar refractivity (Wildman–Crippen MR) is 76.9 cm³/mol. The minimum atomic E-state index is -0.168. The first-order chi connectivity index (χ1) is 9.20. The van der Waals surface area contributed by atoms with Crippen molar-refractivity contribution < 1.29 is 4.79 Å². The van der Waals surface area contributed by atoms with Gasteiger partial charge in [0.25, 0.3) is 0 Å². The number of H-pyrrole nitrogens is 1. The van der Waals surface area contributed by atoms with Crippen molar-refractivity contribution in [2.75, 3.05) is 6.54 Å². The van der Waals surface area contributed by atoms with Gasteiger partial charge in [-0.15, -0.1) is 22.6 Å². The molecule has 0 saturated heterocycles. The summed E-state index contributed by atoms with van der Waals surface area (Å²) in [6.45, 7) is 2.63. The van der Waals surface area contributed by atoms with Crippen LogP contribution in [0.15, 0.2) is 24.3 Å². The van der Waals surface area contributed by atoms with Crippen LogP contribution in [0.3, 0.4) is 0 Å². The lowest BCUT2D eigenvalue weighted by Gasteiger charge is -2.09. The molecule has 0 spiro atoms. The molecule has 2 rings (SSSR count). The van der Waals surface area contributed by atoms with E-state index in [0.29, 0.717) is 18.9 Å². The third kappa shape index (κ3) is 4.01. The van der Waals surface area contributed by atoms with Crippen molar-refractivity contribution in [1.82, 2.24) is 25.9 Å². The molecule has 0 aliphatic carbocycles. The third-order valence-corrected chi connectivity index (χ3v) is 2.83. The van der Waals surface area contributed by atoms with Crippen LogP contribution < -0.4 is 11.1 Å². The average molecular weight is 297 g/mol. The largest absolute Gasteiger partial charge is 0.352 e. The summed E-state index contributed by atoms with van der Waals surface area (Å²) in [6, 6.07) is 7.61. The molecule has 7 nitrogen and oxygen atoms in total. The lowest BCUT2D eigenvalue weighted by molar-refractivity contribution is -0.124. The number of tetrazole rings is 1. The molecule has 0 bridgehead atoms. The molecule has 4 N–H and O–H groups in total. The van der Waals surface area contributed by atoms with E-state index in [9.17, 15) is 4.79 Å². The molecule has 1 heterocycles. The Kier molecular flexibility index (Phi) is 6.08. The van der Waals surface area contributed by atoms with Crippen LogP contribution in [0.4, 0.5) is 0 Å². The van der Waals surface area contributed by atoms with Crippen molar-refractivity contribution in [3.05, 3.63) is 29.8 Å². The van der Waals surface area contributed by atoms with E-state index in [4.69, 9.17) is 5.73 Å². The summed E-state index contributed by atoms with van der Waals surface area (Å²) in [4.78, 5) is 11.6. The number of carbonyl (C=O) groups excluding carboxylic acids is 1. The van der Waals surface area contributed by atoms with Crippen LogP contribution in [0, 0.1) is 5.92 Å². The Hall–Kier alpha value is -1.99. The molecule has 0 radical (unpaired) electrons. The minimum Gasteiger partial charge on any atom is -0.352 e. The van der Waals surface area contributed by atoms with Crippen LogP contribution in [0.25, 0.3) is 11.4 Å². The number of nitrogens with one attached hydrogen (secondary N) is 2. The number of aromatic nitrogens is 4. The molecule has 1 unspecified atom stereocenters. The second kappa shape index (κ2) is 7.56. The van der Waals surface area contributed by atoms with Crippen molar-refractivity contribution >= 4 is 18.3 Å². The maximum atomic E-state index is 11.6. The summed E-state index contributed by atoms with van der Waals surface area (Å²) in [6.07, 6.45) is 0. The number of amides is 1. The Morgan fingerprint density at radius 1 is 1.40 bits per heavy atom. The number of nitrogens with zero attached hydrogens (tertiary/aromatic N) is 3. The molecule has 20 heavy (non-hydrogen) atoms. The molecule has 0 aliphatic rings. The SMILES string of the molecule is CC(CN)C(=O)NCc1ccc(-c2nn[nH]n2)cc1.Cl. The quantitative estimate of drug-likeness (QED) is 0.744. The van der Waals surface area contributed by atoms with Gasteiger partial charge in [-0.1, -0.05) is 31.2 Å². The maximum Gasteiger partial charge on any atom is 0.224 e. The molecule has 1 atom stereocenters. The van der Waals surface area contributed by atoms with E-state index in [0.717, 1.165) is 11.1 Å². The summed E-state index contributed by atoms with van der Waals surface area (Å²) in [5.41, 5.74) is 7.31. The highest BCUT2D eigenvalue weighted by Gasteiger charge is 2.10. The number of hydrogen-bond donors (Lipinski definition) is 3. The lowest BCUT2D eigenvalue weighted by atomic mass is 10.1. The molecule has 2 aromatic rings. The predicted octanol–water partition coefficient (Wildman–Crippen LogP) is 0.500. The summed E-state index contributed by atoms with van der Waals surface area (Å²) in [5.74, 6) is 0.343. The average Bonchev–Trinajstić information content (AvgIpc) is 2.98. The monoisotopic (exact) mass is 296 g/mol. The van der Waals surface area contributed by atoms with E-state index in [1.54, 1.807) is 6.92 Å². The van der Waals surface area contributed by atoms with E-state index < -0.39 is 0 Å². The first kappa shape index (κ1) is 16.1. The Morgan fingerprint density at radius 3 is 2.65 bits per heavy atom. The zero-order valence-electron chi connectivity index (χ0n) is 11.0. The Balaban J connectivity index is 0.00000200. The summed E-state index contributed by atoms with van der Waals surface area (Å²) < 4.78 is 0. The number of hydrogen-bond acceptors (Lipinski definition) is 5.